The Morgan fingerprint density at radius 3 is 2.89 bits per heavy atom. The van der Waals surface area contributed by atoms with Crippen molar-refractivity contribution in [2.75, 3.05) is 20.3 Å². The molecule has 0 bridgehead atoms. The van der Waals surface area contributed by atoms with Gasteiger partial charge in [-0.05, 0) is 18.9 Å². The minimum absolute atomic E-state index is 0.116. The van der Waals surface area contributed by atoms with Crippen LogP contribution in [0.4, 0.5) is 0 Å². The molecule has 0 amide bonds. The van der Waals surface area contributed by atoms with Crippen molar-refractivity contribution < 1.29 is 19.1 Å². The van der Waals surface area contributed by atoms with Crippen LogP contribution in [0.5, 0.6) is 0 Å². The number of rotatable bonds is 6. The molecule has 5 nitrogen and oxygen atoms in total. The number of carbonyl (C=O) groups excluding carboxylic acids is 1. The van der Waals surface area contributed by atoms with Crippen LogP contribution in [0.25, 0.3) is 0 Å². The van der Waals surface area contributed by atoms with Crippen molar-refractivity contribution in [1.82, 2.24) is 4.90 Å². The van der Waals surface area contributed by atoms with Gasteiger partial charge in [0.2, 0.25) is 0 Å². The molecule has 1 aliphatic rings. The van der Waals surface area contributed by atoms with Gasteiger partial charge in [-0.3, -0.25) is 4.90 Å². The number of ether oxygens (including phenoxy) is 1. The molecule has 106 valence electrons. The molecule has 1 aromatic rings. The van der Waals surface area contributed by atoms with Gasteiger partial charge in [0.05, 0.1) is 26.5 Å². The number of aliphatic hydroxyl groups is 1. The molecule has 5 heteroatoms. The molecule has 1 fully saturated rings. The molecule has 1 N–H and O–H groups in total. The first-order chi connectivity index (χ1) is 9.26. The Morgan fingerprint density at radius 1 is 1.53 bits per heavy atom. The molecule has 0 atom stereocenters. The van der Waals surface area contributed by atoms with Gasteiger partial charge in [0.1, 0.15) is 11.3 Å². The van der Waals surface area contributed by atoms with Crippen LogP contribution >= 0.6 is 0 Å². The summed E-state index contributed by atoms with van der Waals surface area (Å²) in [5, 5.41) is 9.19. The fourth-order valence-electron chi connectivity index (χ4n) is 2.73. The average Bonchev–Trinajstić information content (AvgIpc) is 3.08. The fourth-order valence-corrected chi connectivity index (χ4v) is 2.73. The largest absolute Gasteiger partial charge is 0.467 e. The number of methoxy groups -OCH3 is 1. The van der Waals surface area contributed by atoms with E-state index in [1.807, 2.05) is 0 Å². The Morgan fingerprint density at radius 2 is 2.26 bits per heavy atom. The van der Waals surface area contributed by atoms with Crippen LogP contribution in [-0.4, -0.2) is 42.3 Å². The van der Waals surface area contributed by atoms with E-state index in [0.29, 0.717) is 30.5 Å². The zero-order valence-corrected chi connectivity index (χ0v) is 11.3. The summed E-state index contributed by atoms with van der Waals surface area (Å²) in [5.74, 6) is 0.242. The Labute approximate surface area is 113 Å². The van der Waals surface area contributed by atoms with Gasteiger partial charge >= 0.3 is 5.97 Å². The molecular formula is C14H21NO4. The maximum absolute atomic E-state index is 11.6. The van der Waals surface area contributed by atoms with Crippen LogP contribution in [-0.2, 0) is 11.3 Å². The first-order valence-corrected chi connectivity index (χ1v) is 6.76. The van der Waals surface area contributed by atoms with Crippen molar-refractivity contribution in [3.05, 3.63) is 23.7 Å². The van der Waals surface area contributed by atoms with Crippen molar-refractivity contribution in [3.8, 4) is 0 Å². The van der Waals surface area contributed by atoms with E-state index in [0.717, 1.165) is 12.8 Å². The molecule has 2 rings (SSSR count). The highest BCUT2D eigenvalue weighted by atomic mass is 16.5. The van der Waals surface area contributed by atoms with Crippen LogP contribution in [0.1, 0.15) is 41.8 Å². The summed E-state index contributed by atoms with van der Waals surface area (Å²) >= 11 is 0. The Hall–Kier alpha value is -1.33. The molecule has 0 aliphatic heterocycles. The maximum Gasteiger partial charge on any atom is 0.341 e. The first kappa shape index (κ1) is 14.1. The zero-order chi connectivity index (χ0) is 13.7. The maximum atomic E-state index is 11.6. The van der Waals surface area contributed by atoms with E-state index in [2.05, 4.69) is 4.90 Å². The monoisotopic (exact) mass is 267 g/mol. The molecule has 0 spiro atoms. The van der Waals surface area contributed by atoms with Gasteiger partial charge in [0.25, 0.3) is 0 Å². The minimum Gasteiger partial charge on any atom is -0.467 e. The van der Waals surface area contributed by atoms with Crippen LogP contribution in [0, 0.1) is 0 Å². The fraction of sp³-hybridized carbons (Fsp3) is 0.643. The molecule has 0 saturated heterocycles. The number of hydrogen-bond acceptors (Lipinski definition) is 5. The highest BCUT2D eigenvalue weighted by Crippen LogP contribution is 2.25. The van der Waals surface area contributed by atoms with Gasteiger partial charge in [0, 0.05) is 12.6 Å². The van der Waals surface area contributed by atoms with E-state index in [-0.39, 0.29) is 12.6 Å². The van der Waals surface area contributed by atoms with Gasteiger partial charge in [-0.15, -0.1) is 0 Å². The number of hydrogen-bond donors (Lipinski definition) is 1. The van der Waals surface area contributed by atoms with Gasteiger partial charge in [-0.1, -0.05) is 12.8 Å². The van der Waals surface area contributed by atoms with E-state index >= 15 is 0 Å². The SMILES string of the molecule is COC(=O)c1ccoc1CN(CCO)C1CCCC1. The van der Waals surface area contributed by atoms with Crippen molar-refractivity contribution in [2.24, 2.45) is 0 Å². The van der Waals surface area contributed by atoms with Crippen molar-refractivity contribution >= 4 is 5.97 Å². The average molecular weight is 267 g/mol. The van der Waals surface area contributed by atoms with Gasteiger partial charge in [0.15, 0.2) is 0 Å². The quantitative estimate of drug-likeness (QED) is 0.796. The Bertz CT molecular complexity index is 409. The summed E-state index contributed by atoms with van der Waals surface area (Å²) in [6, 6.07) is 2.11. The minimum atomic E-state index is -0.376. The zero-order valence-electron chi connectivity index (χ0n) is 11.3. The van der Waals surface area contributed by atoms with Crippen LogP contribution < -0.4 is 0 Å². The third kappa shape index (κ3) is 3.36. The van der Waals surface area contributed by atoms with E-state index < -0.39 is 0 Å². The van der Waals surface area contributed by atoms with Crippen LogP contribution in [0.3, 0.4) is 0 Å². The highest BCUT2D eigenvalue weighted by Gasteiger charge is 2.25. The molecule has 0 radical (unpaired) electrons. The first-order valence-electron chi connectivity index (χ1n) is 6.76. The molecule has 1 aliphatic carbocycles. The van der Waals surface area contributed by atoms with Crippen molar-refractivity contribution in [3.63, 3.8) is 0 Å². The molecule has 0 unspecified atom stereocenters. The molecular weight excluding hydrogens is 246 g/mol. The Kier molecular flexibility index (Phi) is 4.99. The lowest BCUT2D eigenvalue weighted by molar-refractivity contribution is 0.0594. The highest BCUT2D eigenvalue weighted by molar-refractivity contribution is 5.90. The third-order valence-corrected chi connectivity index (χ3v) is 3.73. The summed E-state index contributed by atoms with van der Waals surface area (Å²) in [7, 11) is 1.36. The van der Waals surface area contributed by atoms with E-state index in [9.17, 15) is 9.90 Å². The lowest BCUT2D eigenvalue weighted by atomic mass is 10.1. The summed E-state index contributed by atoms with van der Waals surface area (Å²) in [6.07, 6.45) is 6.26. The summed E-state index contributed by atoms with van der Waals surface area (Å²) in [5.41, 5.74) is 0.475. The predicted molar refractivity (Wildman–Crippen MR) is 69.8 cm³/mol. The molecule has 1 heterocycles. The molecule has 1 saturated carbocycles. The smallest absolute Gasteiger partial charge is 0.341 e. The van der Waals surface area contributed by atoms with Crippen molar-refractivity contribution in [2.45, 2.75) is 38.3 Å². The Balaban J connectivity index is 2.08. The number of furan rings is 1. The van der Waals surface area contributed by atoms with Gasteiger partial charge in [-0.25, -0.2) is 4.79 Å². The summed E-state index contributed by atoms with van der Waals surface area (Å²) in [6.45, 7) is 1.26. The van der Waals surface area contributed by atoms with Crippen LogP contribution in [0.15, 0.2) is 16.7 Å². The number of carbonyl (C=O) groups is 1. The molecule has 1 aromatic heterocycles. The van der Waals surface area contributed by atoms with E-state index in [1.54, 1.807) is 6.07 Å². The van der Waals surface area contributed by atoms with Crippen molar-refractivity contribution in [1.29, 1.82) is 0 Å². The van der Waals surface area contributed by atoms with E-state index in [1.165, 1.54) is 26.2 Å². The normalized spacial score (nSPS) is 16.2. The predicted octanol–water partition coefficient (Wildman–Crippen LogP) is 1.80. The van der Waals surface area contributed by atoms with Crippen LogP contribution in [0.2, 0.25) is 0 Å². The lowest BCUT2D eigenvalue weighted by Gasteiger charge is -2.27. The second-order valence-corrected chi connectivity index (χ2v) is 4.88. The number of esters is 1. The number of aliphatic hydroxyl groups excluding tert-OH is 1. The summed E-state index contributed by atoms with van der Waals surface area (Å²) in [4.78, 5) is 13.8. The standard InChI is InChI=1S/C14H21NO4/c1-18-14(17)12-6-9-19-13(12)10-15(7-8-16)11-4-2-3-5-11/h6,9,11,16H,2-5,7-8,10H2,1H3. The molecule has 19 heavy (non-hydrogen) atoms. The molecule has 0 aromatic carbocycles. The third-order valence-electron chi connectivity index (χ3n) is 3.73. The lowest BCUT2D eigenvalue weighted by Crippen LogP contribution is -2.35. The summed E-state index contributed by atoms with van der Waals surface area (Å²) < 4.78 is 10.1. The van der Waals surface area contributed by atoms with Gasteiger partial charge < -0.3 is 14.3 Å². The van der Waals surface area contributed by atoms with Gasteiger partial charge in [-0.2, -0.15) is 0 Å². The second-order valence-electron chi connectivity index (χ2n) is 4.88. The second kappa shape index (κ2) is 6.73. The van der Waals surface area contributed by atoms with E-state index in [4.69, 9.17) is 9.15 Å². The number of nitrogens with zero attached hydrogens (tertiary/aromatic N) is 1. The topological polar surface area (TPSA) is 62.9 Å².